The van der Waals surface area contributed by atoms with Crippen LogP contribution in [-0.2, 0) is 0 Å². The number of anilines is 1. The Morgan fingerprint density at radius 1 is 0.967 bits per heavy atom. The van der Waals surface area contributed by atoms with Crippen LogP contribution in [0.4, 0.5) is 5.69 Å². The van der Waals surface area contributed by atoms with E-state index in [1.54, 1.807) is 5.57 Å². The fraction of sp³-hybridized carbons (Fsp3) is 0.143. The summed E-state index contributed by atoms with van der Waals surface area (Å²) >= 11 is 0. The largest absolute Gasteiger partial charge is 0.358 e. The molecule has 1 fully saturated rings. The van der Waals surface area contributed by atoms with E-state index >= 15 is 0 Å². The molecule has 2 aliphatic rings. The molecule has 0 heterocycles. The van der Waals surface area contributed by atoms with Gasteiger partial charge in [0.25, 0.3) is 0 Å². The van der Waals surface area contributed by atoms with Crippen LogP contribution in [0.2, 0.25) is 0 Å². The summed E-state index contributed by atoms with van der Waals surface area (Å²) in [6.07, 6.45) is 10.1. The molecule has 2 heteroatoms. The van der Waals surface area contributed by atoms with Crippen LogP contribution >= 0.6 is 0 Å². The van der Waals surface area contributed by atoms with E-state index in [0.29, 0.717) is 6.54 Å². The molecule has 1 atom stereocenters. The van der Waals surface area contributed by atoms with E-state index in [0.717, 1.165) is 17.3 Å². The second-order valence-corrected chi connectivity index (χ2v) is 8.12. The van der Waals surface area contributed by atoms with Crippen LogP contribution in [0.25, 0.3) is 21.9 Å². The van der Waals surface area contributed by atoms with Gasteiger partial charge in [-0.3, -0.25) is 0 Å². The van der Waals surface area contributed by atoms with Gasteiger partial charge in [-0.05, 0) is 70.7 Å². The van der Waals surface area contributed by atoms with Gasteiger partial charge in [0.05, 0.1) is 0 Å². The molecular formula is C28H26N2. The summed E-state index contributed by atoms with van der Waals surface area (Å²) < 4.78 is 0. The average molecular weight is 391 g/mol. The lowest BCUT2D eigenvalue weighted by atomic mass is 10.0. The molecule has 1 unspecified atom stereocenters. The minimum atomic E-state index is 0.473. The van der Waals surface area contributed by atoms with E-state index in [1.165, 1.54) is 39.5 Å². The molecule has 3 aromatic rings. The van der Waals surface area contributed by atoms with Crippen LogP contribution in [-0.4, -0.2) is 6.54 Å². The quantitative estimate of drug-likeness (QED) is 0.466. The lowest BCUT2D eigenvalue weighted by Gasteiger charge is -2.10. The van der Waals surface area contributed by atoms with Gasteiger partial charge in [-0.15, -0.1) is 0 Å². The van der Waals surface area contributed by atoms with Crippen molar-refractivity contribution >= 4 is 16.5 Å². The van der Waals surface area contributed by atoms with Crippen molar-refractivity contribution in [3.05, 3.63) is 113 Å². The first kappa shape index (κ1) is 18.7. The van der Waals surface area contributed by atoms with Crippen LogP contribution in [0, 0.1) is 5.92 Å². The number of hydrogen-bond donors (Lipinski definition) is 2. The number of rotatable bonds is 6. The van der Waals surface area contributed by atoms with Gasteiger partial charge in [-0.1, -0.05) is 72.3 Å². The molecule has 5 rings (SSSR count). The second-order valence-electron chi connectivity index (χ2n) is 8.12. The van der Waals surface area contributed by atoms with Crippen molar-refractivity contribution < 1.29 is 0 Å². The first-order valence-corrected chi connectivity index (χ1v) is 10.6. The van der Waals surface area contributed by atoms with Gasteiger partial charge < -0.3 is 11.1 Å². The monoisotopic (exact) mass is 390 g/mol. The third-order valence-corrected chi connectivity index (χ3v) is 6.02. The predicted octanol–water partition coefficient (Wildman–Crippen LogP) is 6.59. The highest BCUT2D eigenvalue weighted by molar-refractivity contribution is 5.87. The van der Waals surface area contributed by atoms with Gasteiger partial charge in [0.15, 0.2) is 0 Å². The number of nitrogens with one attached hydrogen (secondary N) is 1. The Morgan fingerprint density at radius 3 is 2.43 bits per heavy atom. The van der Waals surface area contributed by atoms with E-state index < -0.39 is 0 Å². The summed E-state index contributed by atoms with van der Waals surface area (Å²) in [7, 11) is 0. The summed E-state index contributed by atoms with van der Waals surface area (Å²) in [4.78, 5) is 0. The lowest BCUT2D eigenvalue weighted by molar-refractivity contribution is 1.14. The zero-order chi connectivity index (χ0) is 20.5. The lowest BCUT2D eigenvalue weighted by Crippen LogP contribution is -2.11. The highest BCUT2D eigenvalue weighted by Crippen LogP contribution is 2.48. The topological polar surface area (TPSA) is 38.0 Å². The molecule has 3 aromatic carbocycles. The first-order valence-electron chi connectivity index (χ1n) is 10.6. The van der Waals surface area contributed by atoms with Gasteiger partial charge in [0.2, 0.25) is 0 Å². The number of benzene rings is 3. The van der Waals surface area contributed by atoms with E-state index in [1.807, 2.05) is 0 Å². The highest BCUT2D eigenvalue weighted by atomic mass is 14.9. The number of allylic oxidation sites excluding steroid dienone is 7. The normalized spacial score (nSPS) is 18.1. The molecule has 1 saturated carbocycles. The fourth-order valence-electron chi connectivity index (χ4n) is 4.15. The van der Waals surface area contributed by atoms with Crippen LogP contribution in [0.3, 0.4) is 0 Å². The molecule has 0 aliphatic heterocycles. The van der Waals surface area contributed by atoms with Gasteiger partial charge in [0, 0.05) is 23.8 Å². The Labute approximate surface area is 178 Å². The Morgan fingerprint density at radius 2 is 1.73 bits per heavy atom. The molecule has 2 aliphatic carbocycles. The van der Waals surface area contributed by atoms with Gasteiger partial charge in [0.1, 0.15) is 0 Å². The Bertz CT molecular complexity index is 1220. The third kappa shape index (κ3) is 3.74. The smallest absolute Gasteiger partial charge is 0.0382 e. The summed E-state index contributed by atoms with van der Waals surface area (Å²) in [5.74, 6) is 0.723. The number of hydrogen-bond acceptors (Lipinski definition) is 2. The van der Waals surface area contributed by atoms with Gasteiger partial charge >= 0.3 is 0 Å². The molecule has 0 amide bonds. The molecule has 3 N–H and O–H groups in total. The standard InChI is InChI=1S/C28H26N2/c1-19(27-15-11-24-17-28(24)27)6-12-26(18-29)30-25-13-9-21(10-14-25)23-8-7-20-4-2-3-5-22(20)16-23/h2-16,24,30H,17-18,29H2,1H3/b19-6+,26-12+. The van der Waals surface area contributed by atoms with E-state index in [9.17, 15) is 0 Å². The molecule has 0 spiro atoms. The van der Waals surface area contributed by atoms with Crippen LogP contribution in [0.15, 0.2) is 113 Å². The van der Waals surface area contributed by atoms with Crippen molar-refractivity contribution in [1.29, 1.82) is 0 Å². The Hall–Kier alpha value is -3.36. The summed E-state index contributed by atoms with van der Waals surface area (Å²) in [6, 6.07) is 23.6. The zero-order valence-corrected chi connectivity index (χ0v) is 17.2. The molecule has 0 saturated heterocycles. The van der Waals surface area contributed by atoms with E-state index in [-0.39, 0.29) is 0 Å². The predicted molar refractivity (Wildman–Crippen MR) is 128 cm³/mol. The minimum absolute atomic E-state index is 0.473. The maximum absolute atomic E-state index is 5.98. The van der Waals surface area contributed by atoms with E-state index in [4.69, 9.17) is 5.73 Å². The van der Waals surface area contributed by atoms with Gasteiger partial charge in [-0.2, -0.15) is 0 Å². The van der Waals surface area contributed by atoms with Crippen molar-refractivity contribution in [1.82, 2.24) is 0 Å². The van der Waals surface area contributed by atoms with Crippen molar-refractivity contribution in [2.24, 2.45) is 11.7 Å². The minimum Gasteiger partial charge on any atom is -0.358 e. The first-order chi connectivity index (χ1) is 14.7. The van der Waals surface area contributed by atoms with Crippen molar-refractivity contribution in [3.8, 4) is 11.1 Å². The fourth-order valence-corrected chi connectivity index (χ4v) is 4.15. The molecule has 2 nitrogen and oxygen atoms in total. The van der Waals surface area contributed by atoms with Crippen LogP contribution < -0.4 is 11.1 Å². The maximum atomic E-state index is 5.98. The van der Waals surface area contributed by atoms with Crippen LogP contribution in [0.5, 0.6) is 0 Å². The van der Waals surface area contributed by atoms with Crippen molar-refractivity contribution in [2.45, 2.75) is 13.3 Å². The summed E-state index contributed by atoms with van der Waals surface area (Å²) in [5.41, 5.74) is 14.8. The molecule has 0 bridgehead atoms. The van der Waals surface area contributed by atoms with E-state index in [2.05, 4.69) is 103 Å². The van der Waals surface area contributed by atoms with Gasteiger partial charge in [-0.25, -0.2) is 0 Å². The zero-order valence-electron chi connectivity index (χ0n) is 17.2. The summed E-state index contributed by atoms with van der Waals surface area (Å²) in [6.45, 7) is 2.65. The van der Waals surface area contributed by atoms with Crippen molar-refractivity contribution in [3.63, 3.8) is 0 Å². The molecule has 30 heavy (non-hydrogen) atoms. The second kappa shape index (κ2) is 7.81. The molecular weight excluding hydrogens is 364 g/mol. The number of nitrogens with two attached hydrogens (primary N) is 1. The SMILES string of the molecule is C/C(=C\C=C(/CN)Nc1ccc(-c2ccc3ccccc3c2)cc1)C1=C2CC2C=C1. The molecule has 0 radical (unpaired) electrons. The Balaban J connectivity index is 1.32. The number of fused-ring (bicyclic) bond motifs is 2. The average Bonchev–Trinajstić information content (AvgIpc) is 3.45. The Kier molecular flexibility index (Phi) is 4.86. The summed E-state index contributed by atoms with van der Waals surface area (Å²) in [5, 5.41) is 5.99. The molecule has 148 valence electrons. The highest BCUT2D eigenvalue weighted by Gasteiger charge is 2.33. The van der Waals surface area contributed by atoms with Crippen LogP contribution in [0.1, 0.15) is 13.3 Å². The third-order valence-electron chi connectivity index (χ3n) is 6.02. The maximum Gasteiger partial charge on any atom is 0.0382 e. The molecule has 0 aromatic heterocycles. The van der Waals surface area contributed by atoms with Crippen molar-refractivity contribution in [2.75, 3.05) is 11.9 Å².